The second-order valence-electron chi connectivity index (χ2n) is 3.39. The molecular formula is C9H18N2O4. The molecule has 0 aliphatic rings. The molecule has 0 fully saturated rings. The first-order valence-electron chi connectivity index (χ1n) is 4.81. The summed E-state index contributed by atoms with van der Waals surface area (Å²) in [6.07, 6.45) is 0.322. The first kappa shape index (κ1) is 13.7. The number of carbonyl (C=O) groups is 2. The molecule has 0 radical (unpaired) electrons. The van der Waals surface area contributed by atoms with Gasteiger partial charge in [-0.3, -0.25) is 0 Å². The molecule has 0 spiro atoms. The summed E-state index contributed by atoms with van der Waals surface area (Å²) in [6, 6.07) is -1.71. The van der Waals surface area contributed by atoms with Crippen molar-refractivity contribution >= 4 is 12.0 Å². The topological polar surface area (TPSA) is 89.9 Å². The summed E-state index contributed by atoms with van der Waals surface area (Å²) in [4.78, 5) is 23.4. The molecule has 0 bridgehead atoms. The third kappa shape index (κ3) is 4.16. The zero-order valence-corrected chi connectivity index (χ0v) is 9.23. The number of aliphatic hydroxyl groups excluding tert-OH is 1. The van der Waals surface area contributed by atoms with Crippen LogP contribution in [0.15, 0.2) is 0 Å². The SMILES string of the molecule is CCC(NC(=O)N(C)C(C)CO)C(=O)O. The smallest absolute Gasteiger partial charge is 0.326 e. The Hall–Kier alpha value is -1.30. The van der Waals surface area contributed by atoms with Crippen LogP contribution in [0.1, 0.15) is 20.3 Å². The standard InChI is InChI=1S/C9H18N2O4/c1-4-7(8(13)14)10-9(15)11(3)6(2)5-12/h6-7,12H,4-5H2,1-3H3,(H,10,15)(H,13,14). The van der Waals surface area contributed by atoms with Gasteiger partial charge in [-0.1, -0.05) is 6.92 Å². The number of aliphatic carboxylic acids is 1. The number of likely N-dealkylation sites (N-methyl/N-ethyl adjacent to an activating group) is 1. The zero-order chi connectivity index (χ0) is 12.0. The Balaban J connectivity index is 4.28. The summed E-state index contributed by atoms with van der Waals surface area (Å²) in [5.41, 5.74) is 0. The van der Waals surface area contributed by atoms with E-state index >= 15 is 0 Å². The molecule has 0 aromatic heterocycles. The van der Waals surface area contributed by atoms with Gasteiger partial charge in [0.1, 0.15) is 6.04 Å². The lowest BCUT2D eigenvalue weighted by molar-refractivity contribution is -0.139. The number of hydrogen-bond donors (Lipinski definition) is 3. The van der Waals surface area contributed by atoms with Crippen LogP contribution < -0.4 is 5.32 Å². The predicted octanol–water partition coefficient (Wildman–Crippen LogP) is -0.128. The van der Waals surface area contributed by atoms with Crippen LogP contribution in [-0.4, -0.2) is 52.9 Å². The van der Waals surface area contributed by atoms with E-state index in [-0.39, 0.29) is 12.6 Å². The van der Waals surface area contributed by atoms with Crippen LogP contribution in [0.2, 0.25) is 0 Å². The normalized spacial score (nSPS) is 14.1. The molecule has 88 valence electrons. The van der Waals surface area contributed by atoms with Gasteiger partial charge in [-0.15, -0.1) is 0 Å². The van der Waals surface area contributed by atoms with Gasteiger partial charge in [0, 0.05) is 7.05 Å². The van der Waals surface area contributed by atoms with Gasteiger partial charge < -0.3 is 20.4 Å². The fraction of sp³-hybridized carbons (Fsp3) is 0.778. The maximum Gasteiger partial charge on any atom is 0.326 e. The van der Waals surface area contributed by atoms with Crippen LogP contribution in [0.4, 0.5) is 4.79 Å². The van der Waals surface area contributed by atoms with Gasteiger partial charge in [-0.25, -0.2) is 9.59 Å². The number of carboxylic acid groups (broad SMARTS) is 1. The minimum atomic E-state index is -1.06. The van der Waals surface area contributed by atoms with Gasteiger partial charge in [-0.05, 0) is 13.3 Å². The molecular weight excluding hydrogens is 200 g/mol. The number of amides is 2. The first-order valence-corrected chi connectivity index (χ1v) is 4.81. The quantitative estimate of drug-likeness (QED) is 0.599. The highest BCUT2D eigenvalue weighted by atomic mass is 16.4. The van der Waals surface area contributed by atoms with Crippen LogP contribution in [0, 0.1) is 0 Å². The van der Waals surface area contributed by atoms with E-state index in [2.05, 4.69) is 5.32 Å². The Labute approximate surface area is 88.9 Å². The van der Waals surface area contributed by atoms with E-state index in [1.807, 2.05) is 0 Å². The molecule has 2 atom stereocenters. The van der Waals surface area contributed by atoms with Crippen LogP contribution in [0.5, 0.6) is 0 Å². The van der Waals surface area contributed by atoms with Gasteiger partial charge >= 0.3 is 12.0 Å². The molecule has 0 aliphatic carbocycles. The molecule has 2 amide bonds. The van der Waals surface area contributed by atoms with E-state index in [0.29, 0.717) is 6.42 Å². The molecule has 0 aliphatic heterocycles. The lowest BCUT2D eigenvalue weighted by Gasteiger charge is -2.25. The maximum absolute atomic E-state index is 11.5. The fourth-order valence-corrected chi connectivity index (χ4v) is 0.912. The number of carbonyl (C=O) groups excluding carboxylic acids is 1. The Morgan fingerprint density at radius 2 is 2.00 bits per heavy atom. The molecule has 15 heavy (non-hydrogen) atoms. The van der Waals surface area contributed by atoms with Crippen molar-refractivity contribution in [1.82, 2.24) is 10.2 Å². The fourth-order valence-electron chi connectivity index (χ4n) is 0.912. The number of rotatable bonds is 5. The Morgan fingerprint density at radius 3 is 2.33 bits per heavy atom. The van der Waals surface area contributed by atoms with E-state index in [1.165, 1.54) is 11.9 Å². The number of nitrogens with one attached hydrogen (secondary N) is 1. The van der Waals surface area contributed by atoms with Gasteiger partial charge in [0.2, 0.25) is 0 Å². The highest BCUT2D eigenvalue weighted by Gasteiger charge is 2.21. The molecule has 3 N–H and O–H groups in total. The van der Waals surface area contributed by atoms with Crippen molar-refractivity contribution in [3.05, 3.63) is 0 Å². The summed E-state index contributed by atoms with van der Waals surface area (Å²) in [5.74, 6) is -1.06. The van der Waals surface area contributed by atoms with Crippen molar-refractivity contribution in [3.63, 3.8) is 0 Å². The molecule has 6 nitrogen and oxygen atoms in total. The Morgan fingerprint density at radius 1 is 1.47 bits per heavy atom. The van der Waals surface area contributed by atoms with E-state index in [9.17, 15) is 9.59 Å². The molecule has 6 heteroatoms. The second-order valence-corrected chi connectivity index (χ2v) is 3.39. The number of aliphatic hydroxyl groups is 1. The molecule has 0 heterocycles. The number of hydrogen-bond acceptors (Lipinski definition) is 3. The summed E-state index contributed by atoms with van der Waals surface area (Å²) < 4.78 is 0. The van der Waals surface area contributed by atoms with E-state index in [0.717, 1.165) is 0 Å². The largest absolute Gasteiger partial charge is 0.480 e. The average molecular weight is 218 g/mol. The van der Waals surface area contributed by atoms with Crippen molar-refractivity contribution in [3.8, 4) is 0 Å². The molecule has 0 rings (SSSR count). The lowest BCUT2D eigenvalue weighted by atomic mass is 10.2. The van der Waals surface area contributed by atoms with E-state index < -0.39 is 18.0 Å². The minimum Gasteiger partial charge on any atom is -0.480 e. The Bertz CT molecular complexity index is 232. The van der Waals surface area contributed by atoms with E-state index in [1.54, 1.807) is 13.8 Å². The van der Waals surface area contributed by atoms with Crippen molar-refractivity contribution in [1.29, 1.82) is 0 Å². The highest BCUT2D eigenvalue weighted by molar-refractivity contribution is 5.82. The number of carboxylic acids is 1. The van der Waals surface area contributed by atoms with Crippen LogP contribution >= 0.6 is 0 Å². The van der Waals surface area contributed by atoms with Crippen molar-refractivity contribution < 1.29 is 19.8 Å². The third-order valence-electron chi connectivity index (χ3n) is 2.25. The molecule has 2 unspecified atom stereocenters. The summed E-state index contributed by atoms with van der Waals surface area (Å²) in [5, 5.41) is 19.9. The van der Waals surface area contributed by atoms with Crippen molar-refractivity contribution in [2.45, 2.75) is 32.4 Å². The first-order chi connectivity index (χ1) is 6.93. The molecule has 0 aromatic carbocycles. The Kier molecular flexibility index (Phi) is 5.69. The van der Waals surface area contributed by atoms with Gasteiger partial charge in [0.25, 0.3) is 0 Å². The van der Waals surface area contributed by atoms with Crippen LogP contribution in [0.25, 0.3) is 0 Å². The number of urea groups is 1. The van der Waals surface area contributed by atoms with Crippen LogP contribution in [0.3, 0.4) is 0 Å². The third-order valence-corrected chi connectivity index (χ3v) is 2.25. The van der Waals surface area contributed by atoms with Gasteiger partial charge in [0.05, 0.1) is 12.6 Å². The monoisotopic (exact) mass is 218 g/mol. The lowest BCUT2D eigenvalue weighted by Crippen LogP contribution is -2.49. The van der Waals surface area contributed by atoms with Gasteiger partial charge in [0.15, 0.2) is 0 Å². The zero-order valence-electron chi connectivity index (χ0n) is 9.23. The maximum atomic E-state index is 11.5. The summed E-state index contributed by atoms with van der Waals surface area (Å²) in [7, 11) is 1.50. The second kappa shape index (κ2) is 6.23. The predicted molar refractivity (Wildman–Crippen MR) is 54.6 cm³/mol. The van der Waals surface area contributed by atoms with Crippen molar-refractivity contribution in [2.75, 3.05) is 13.7 Å². The summed E-state index contributed by atoms with van der Waals surface area (Å²) >= 11 is 0. The molecule has 0 saturated carbocycles. The average Bonchev–Trinajstić information content (AvgIpc) is 2.22. The number of nitrogens with zero attached hydrogens (tertiary/aromatic N) is 1. The summed E-state index contributed by atoms with van der Waals surface area (Å²) in [6.45, 7) is 3.18. The molecule has 0 saturated heterocycles. The minimum absolute atomic E-state index is 0.159. The van der Waals surface area contributed by atoms with E-state index in [4.69, 9.17) is 10.2 Å². The van der Waals surface area contributed by atoms with Crippen molar-refractivity contribution in [2.24, 2.45) is 0 Å². The van der Waals surface area contributed by atoms with Crippen LogP contribution in [-0.2, 0) is 4.79 Å². The van der Waals surface area contributed by atoms with Gasteiger partial charge in [-0.2, -0.15) is 0 Å². The molecule has 0 aromatic rings. The highest BCUT2D eigenvalue weighted by Crippen LogP contribution is 1.98.